The molecule has 0 radical (unpaired) electrons. The molecule has 0 aromatic rings. The summed E-state index contributed by atoms with van der Waals surface area (Å²) in [6.45, 7) is -0.0258. The molecule has 6 nitrogen and oxygen atoms in total. The molecule has 6 heteroatoms. The second-order valence-electron chi connectivity index (χ2n) is 2.77. The predicted octanol–water partition coefficient (Wildman–Crippen LogP) is -3.25. The van der Waals surface area contributed by atoms with Crippen molar-refractivity contribution in [1.82, 2.24) is 0 Å². The molecule has 0 amide bonds. The maximum atomic E-state index is 9.20. The lowest BCUT2D eigenvalue weighted by molar-refractivity contribution is -0.279. The van der Waals surface area contributed by atoms with Crippen molar-refractivity contribution in [2.45, 2.75) is 30.7 Å². The summed E-state index contributed by atoms with van der Waals surface area (Å²) in [7, 11) is 0. The molecule has 0 aromatic carbocycles. The van der Waals surface area contributed by atoms with Gasteiger partial charge in [0.1, 0.15) is 24.4 Å². The number of ether oxygens (including phenoxy) is 1. The third kappa shape index (κ3) is 1.58. The van der Waals surface area contributed by atoms with Gasteiger partial charge in [-0.25, -0.2) is 0 Å². The molecule has 12 heavy (non-hydrogen) atoms. The zero-order chi connectivity index (χ0) is 9.30. The number of aliphatic hydroxyl groups excluding tert-OH is 4. The number of nitrogens with two attached hydrogens (primary N) is 1. The molecule has 72 valence electrons. The molecular formula is C6H13NO5. The van der Waals surface area contributed by atoms with E-state index in [-0.39, 0.29) is 6.54 Å². The summed E-state index contributed by atoms with van der Waals surface area (Å²) >= 11 is 0. The first kappa shape index (κ1) is 9.85. The summed E-state index contributed by atoms with van der Waals surface area (Å²) in [6, 6.07) is 0. The summed E-state index contributed by atoms with van der Waals surface area (Å²) in [5.41, 5.74) is 5.17. The van der Waals surface area contributed by atoms with Gasteiger partial charge in [-0.15, -0.1) is 0 Å². The zero-order valence-electron chi connectivity index (χ0n) is 6.37. The van der Waals surface area contributed by atoms with E-state index >= 15 is 0 Å². The predicted molar refractivity (Wildman–Crippen MR) is 38.0 cm³/mol. The van der Waals surface area contributed by atoms with Gasteiger partial charge in [0.05, 0.1) is 0 Å². The van der Waals surface area contributed by atoms with E-state index in [2.05, 4.69) is 0 Å². The van der Waals surface area contributed by atoms with E-state index in [0.717, 1.165) is 0 Å². The number of hydrogen-bond acceptors (Lipinski definition) is 6. The number of hydrogen-bond donors (Lipinski definition) is 5. The molecule has 0 bridgehead atoms. The standard InChI is InChI=1S/C6H13NO5/c7-1-2-3(8)4(9)5(10)6(11)12-2/h2-6,8-11H,1,7H2/t2-,3+,4+,5-,6?/m1/s1. The first-order valence-electron chi connectivity index (χ1n) is 3.65. The summed E-state index contributed by atoms with van der Waals surface area (Å²) in [5, 5.41) is 36.3. The minimum absolute atomic E-state index is 0.0258. The fourth-order valence-electron chi connectivity index (χ4n) is 1.13. The molecule has 1 saturated heterocycles. The molecule has 0 aliphatic carbocycles. The van der Waals surface area contributed by atoms with Gasteiger partial charge in [-0.2, -0.15) is 0 Å². The highest BCUT2D eigenvalue weighted by Crippen LogP contribution is 2.18. The Hall–Kier alpha value is -0.240. The van der Waals surface area contributed by atoms with Gasteiger partial charge in [0.2, 0.25) is 0 Å². The SMILES string of the molecule is NC[C@H]1OC(O)[C@H](O)[C@@H](O)[C@H]1O. The maximum Gasteiger partial charge on any atom is 0.184 e. The largest absolute Gasteiger partial charge is 0.388 e. The Morgan fingerprint density at radius 1 is 1.00 bits per heavy atom. The Labute approximate surface area is 69.2 Å². The van der Waals surface area contributed by atoms with E-state index in [1.165, 1.54) is 0 Å². The van der Waals surface area contributed by atoms with Gasteiger partial charge in [0.25, 0.3) is 0 Å². The van der Waals surface area contributed by atoms with Crippen molar-refractivity contribution >= 4 is 0 Å². The summed E-state index contributed by atoms with van der Waals surface area (Å²) in [4.78, 5) is 0. The van der Waals surface area contributed by atoms with E-state index < -0.39 is 30.7 Å². The van der Waals surface area contributed by atoms with Crippen LogP contribution in [0.15, 0.2) is 0 Å². The molecule has 1 aliphatic heterocycles. The molecular weight excluding hydrogens is 166 g/mol. The van der Waals surface area contributed by atoms with Gasteiger partial charge in [-0.05, 0) is 0 Å². The third-order valence-electron chi connectivity index (χ3n) is 1.92. The van der Waals surface area contributed by atoms with Crippen LogP contribution in [0.2, 0.25) is 0 Å². The Bertz CT molecular complexity index is 150. The smallest absolute Gasteiger partial charge is 0.184 e. The van der Waals surface area contributed by atoms with Crippen molar-refractivity contribution in [3.63, 3.8) is 0 Å². The van der Waals surface area contributed by atoms with Gasteiger partial charge >= 0.3 is 0 Å². The third-order valence-corrected chi connectivity index (χ3v) is 1.92. The fraction of sp³-hybridized carbons (Fsp3) is 1.00. The lowest BCUT2D eigenvalue weighted by Crippen LogP contribution is -2.59. The fourth-order valence-corrected chi connectivity index (χ4v) is 1.13. The molecule has 1 aliphatic rings. The Morgan fingerprint density at radius 2 is 1.58 bits per heavy atom. The van der Waals surface area contributed by atoms with Crippen molar-refractivity contribution in [1.29, 1.82) is 0 Å². The van der Waals surface area contributed by atoms with Gasteiger partial charge < -0.3 is 30.9 Å². The topological polar surface area (TPSA) is 116 Å². The Kier molecular flexibility index (Phi) is 2.99. The molecule has 6 N–H and O–H groups in total. The molecule has 5 atom stereocenters. The Morgan fingerprint density at radius 3 is 2.08 bits per heavy atom. The minimum Gasteiger partial charge on any atom is -0.388 e. The highest BCUT2D eigenvalue weighted by molar-refractivity contribution is 4.88. The summed E-state index contributed by atoms with van der Waals surface area (Å²) in [5.74, 6) is 0. The molecule has 1 heterocycles. The number of rotatable bonds is 1. The van der Waals surface area contributed by atoms with Crippen LogP contribution in [0, 0.1) is 0 Å². The maximum absolute atomic E-state index is 9.20. The van der Waals surface area contributed by atoms with Gasteiger partial charge in [0, 0.05) is 6.54 Å². The highest BCUT2D eigenvalue weighted by atomic mass is 16.6. The van der Waals surface area contributed by atoms with Crippen molar-refractivity contribution in [3.8, 4) is 0 Å². The second-order valence-corrected chi connectivity index (χ2v) is 2.77. The van der Waals surface area contributed by atoms with E-state index in [0.29, 0.717) is 0 Å². The van der Waals surface area contributed by atoms with Crippen LogP contribution in [-0.4, -0.2) is 57.7 Å². The quantitative estimate of drug-likeness (QED) is 0.288. The van der Waals surface area contributed by atoms with Crippen LogP contribution in [-0.2, 0) is 4.74 Å². The van der Waals surface area contributed by atoms with Crippen LogP contribution in [0.4, 0.5) is 0 Å². The normalized spacial score (nSPS) is 49.2. The van der Waals surface area contributed by atoms with E-state index in [9.17, 15) is 5.11 Å². The van der Waals surface area contributed by atoms with Crippen molar-refractivity contribution in [2.24, 2.45) is 5.73 Å². The van der Waals surface area contributed by atoms with Crippen LogP contribution in [0.3, 0.4) is 0 Å². The van der Waals surface area contributed by atoms with Crippen LogP contribution >= 0.6 is 0 Å². The van der Waals surface area contributed by atoms with Crippen molar-refractivity contribution in [2.75, 3.05) is 6.54 Å². The molecule has 0 spiro atoms. The van der Waals surface area contributed by atoms with Gasteiger partial charge in [-0.3, -0.25) is 0 Å². The molecule has 0 aromatic heterocycles. The average Bonchev–Trinajstić information content (AvgIpc) is 2.08. The lowest BCUT2D eigenvalue weighted by atomic mass is 9.99. The van der Waals surface area contributed by atoms with E-state index in [1.54, 1.807) is 0 Å². The van der Waals surface area contributed by atoms with Crippen LogP contribution < -0.4 is 5.73 Å². The molecule has 1 fully saturated rings. The van der Waals surface area contributed by atoms with E-state index in [4.69, 9.17) is 25.8 Å². The van der Waals surface area contributed by atoms with Crippen molar-refractivity contribution < 1.29 is 25.2 Å². The van der Waals surface area contributed by atoms with Crippen LogP contribution in [0.25, 0.3) is 0 Å². The number of aliphatic hydroxyl groups is 4. The monoisotopic (exact) mass is 179 g/mol. The van der Waals surface area contributed by atoms with Crippen LogP contribution in [0.5, 0.6) is 0 Å². The summed E-state index contributed by atoms with van der Waals surface area (Å²) < 4.78 is 4.70. The van der Waals surface area contributed by atoms with E-state index in [1.807, 2.05) is 0 Å². The first-order chi connectivity index (χ1) is 5.57. The Balaban J connectivity index is 2.63. The van der Waals surface area contributed by atoms with Crippen molar-refractivity contribution in [3.05, 3.63) is 0 Å². The molecule has 0 saturated carbocycles. The molecule has 1 unspecified atom stereocenters. The second kappa shape index (κ2) is 3.65. The van der Waals surface area contributed by atoms with Gasteiger partial charge in [0.15, 0.2) is 6.29 Å². The lowest BCUT2D eigenvalue weighted by Gasteiger charge is -2.37. The summed E-state index contributed by atoms with van der Waals surface area (Å²) in [6.07, 6.45) is -6.48. The highest BCUT2D eigenvalue weighted by Gasteiger charge is 2.42. The minimum atomic E-state index is -1.49. The first-order valence-corrected chi connectivity index (χ1v) is 3.65. The molecule has 1 rings (SSSR count). The average molecular weight is 179 g/mol. The van der Waals surface area contributed by atoms with Gasteiger partial charge in [-0.1, -0.05) is 0 Å². The zero-order valence-corrected chi connectivity index (χ0v) is 6.37. The van der Waals surface area contributed by atoms with Crippen LogP contribution in [0.1, 0.15) is 0 Å².